The molecule has 0 aromatic heterocycles. The highest BCUT2D eigenvalue weighted by molar-refractivity contribution is 6.32. The number of hydrogen-bond acceptors (Lipinski definition) is 3. The average Bonchev–Trinajstić information content (AvgIpc) is 2.18. The van der Waals surface area contributed by atoms with E-state index in [1.807, 2.05) is 13.8 Å². The fourth-order valence-electron chi connectivity index (χ4n) is 0.960. The van der Waals surface area contributed by atoms with Crippen LogP contribution >= 0.6 is 11.6 Å². The van der Waals surface area contributed by atoms with Crippen LogP contribution in [-0.4, -0.2) is 17.7 Å². The van der Waals surface area contributed by atoms with Crippen molar-refractivity contribution in [2.45, 2.75) is 13.8 Å². The predicted molar refractivity (Wildman–Crippen MR) is 58.2 cm³/mol. The molecule has 0 aliphatic heterocycles. The molecule has 3 nitrogen and oxygen atoms in total. The van der Waals surface area contributed by atoms with Crippen molar-refractivity contribution < 1.29 is 14.6 Å². The molecule has 0 radical (unpaired) electrons. The van der Waals surface area contributed by atoms with Crippen molar-refractivity contribution in [2.24, 2.45) is 5.92 Å². The van der Waals surface area contributed by atoms with Crippen LogP contribution in [0, 0.1) is 5.92 Å². The highest BCUT2D eigenvalue weighted by Crippen LogP contribution is 2.23. The molecule has 0 saturated carbocycles. The molecule has 0 spiro atoms. The molecule has 82 valence electrons. The van der Waals surface area contributed by atoms with Gasteiger partial charge in [-0.15, -0.1) is 0 Å². The minimum absolute atomic E-state index is 0.0444. The van der Waals surface area contributed by atoms with Crippen LogP contribution < -0.4 is 0 Å². The summed E-state index contributed by atoms with van der Waals surface area (Å²) in [4.78, 5) is 11.5. The Hall–Kier alpha value is -1.22. The lowest BCUT2D eigenvalue weighted by Gasteiger charge is -2.07. The van der Waals surface area contributed by atoms with E-state index in [1.54, 1.807) is 0 Å². The Kier molecular flexibility index (Phi) is 3.97. The number of rotatable bonds is 3. The molecule has 0 atom stereocenters. The zero-order chi connectivity index (χ0) is 11.4. The van der Waals surface area contributed by atoms with Gasteiger partial charge in [0.2, 0.25) is 0 Å². The van der Waals surface area contributed by atoms with Crippen molar-refractivity contribution in [3.63, 3.8) is 0 Å². The van der Waals surface area contributed by atoms with Gasteiger partial charge < -0.3 is 9.84 Å². The molecule has 4 heteroatoms. The maximum atomic E-state index is 11.5. The van der Waals surface area contributed by atoms with Gasteiger partial charge in [-0.25, -0.2) is 4.79 Å². The summed E-state index contributed by atoms with van der Waals surface area (Å²) >= 11 is 5.66. The van der Waals surface area contributed by atoms with Gasteiger partial charge in [-0.1, -0.05) is 25.4 Å². The Morgan fingerprint density at radius 2 is 2.20 bits per heavy atom. The first kappa shape index (κ1) is 11.9. The van der Waals surface area contributed by atoms with Crippen LogP contribution in [0.4, 0.5) is 0 Å². The second-order valence-corrected chi connectivity index (χ2v) is 4.07. The molecule has 0 heterocycles. The second kappa shape index (κ2) is 5.03. The fraction of sp³-hybridized carbons (Fsp3) is 0.364. The van der Waals surface area contributed by atoms with Crippen LogP contribution in [0.2, 0.25) is 5.02 Å². The lowest BCUT2D eigenvalue weighted by atomic mass is 10.2. The van der Waals surface area contributed by atoms with Crippen molar-refractivity contribution in [1.82, 2.24) is 0 Å². The first-order valence-corrected chi connectivity index (χ1v) is 5.04. The second-order valence-electron chi connectivity index (χ2n) is 3.66. The molecule has 0 saturated heterocycles. The number of carbonyl (C=O) groups is 1. The van der Waals surface area contributed by atoms with Gasteiger partial charge in [-0.05, 0) is 24.1 Å². The van der Waals surface area contributed by atoms with Gasteiger partial charge in [-0.3, -0.25) is 0 Å². The summed E-state index contributed by atoms with van der Waals surface area (Å²) in [6.07, 6.45) is 0. The van der Waals surface area contributed by atoms with E-state index in [-0.39, 0.29) is 10.8 Å². The first-order chi connectivity index (χ1) is 7.00. The molecule has 0 aliphatic carbocycles. The molecular weight excluding hydrogens is 216 g/mol. The maximum Gasteiger partial charge on any atom is 0.338 e. The van der Waals surface area contributed by atoms with Gasteiger partial charge in [0.1, 0.15) is 5.75 Å². The summed E-state index contributed by atoms with van der Waals surface area (Å²) in [6.45, 7) is 4.28. The Bertz CT molecular complexity index is 361. The van der Waals surface area contributed by atoms with Gasteiger partial charge in [0.05, 0.1) is 17.2 Å². The Labute approximate surface area is 93.6 Å². The lowest BCUT2D eigenvalue weighted by molar-refractivity contribution is 0.0459. The van der Waals surface area contributed by atoms with E-state index in [0.29, 0.717) is 18.1 Å². The number of phenolic OH excluding ortho intramolecular Hbond substituents is 1. The molecule has 1 rings (SSSR count). The summed E-state index contributed by atoms with van der Waals surface area (Å²) in [7, 11) is 0. The standard InChI is InChI=1S/C11H13ClO3/c1-7(2)6-15-11(14)8-3-4-10(13)9(12)5-8/h3-5,7,13H,6H2,1-2H3. The number of phenols is 1. The van der Waals surface area contributed by atoms with Crippen LogP contribution in [-0.2, 0) is 4.74 Å². The van der Waals surface area contributed by atoms with Crippen LogP contribution in [0.1, 0.15) is 24.2 Å². The highest BCUT2D eigenvalue weighted by Gasteiger charge is 2.10. The number of esters is 1. The minimum atomic E-state index is -0.425. The van der Waals surface area contributed by atoms with Gasteiger partial charge >= 0.3 is 5.97 Å². The molecule has 1 aromatic rings. The van der Waals surface area contributed by atoms with Crippen LogP contribution in [0.25, 0.3) is 0 Å². The smallest absolute Gasteiger partial charge is 0.338 e. The predicted octanol–water partition coefficient (Wildman–Crippen LogP) is 2.86. The lowest BCUT2D eigenvalue weighted by Crippen LogP contribution is -2.09. The summed E-state index contributed by atoms with van der Waals surface area (Å²) in [5, 5.41) is 9.31. The number of ether oxygens (including phenoxy) is 1. The molecule has 0 amide bonds. The van der Waals surface area contributed by atoms with Gasteiger partial charge in [0.15, 0.2) is 0 Å². The molecule has 0 aliphatic rings. The van der Waals surface area contributed by atoms with Crippen molar-refractivity contribution >= 4 is 17.6 Å². The third-order valence-electron chi connectivity index (χ3n) is 1.73. The summed E-state index contributed by atoms with van der Waals surface area (Å²) in [5.41, 5.74) is 0.346. The van der Waals surface area contributed by atoms with Gasteiger partial charge in [-0.2, -0.15) is 0 Å². The van der Waals surface area contributed by atoms with Crippen LogP contribution in [0.3, 0.4) is 0 Å². The zero-order valence-corrected chi connectivity index (χ0v) is 9.41. The molecule has 0 bridgehead atoms. The van der Waals surface area contributed by atoms with Crippen LogP contribution in [0.15, 0.2) is 18.2 Å². The summed E-state index contributed by atoms with van der Waals surface area (Å²) in [6, 6.07) is 4.23. The third kappa shape index (κ3) is 3.44. The molecule has 1 N–H and O–H groups in total. The molecule has 0 unspecified atom stereocenters. The van der Waals surface area contributed by atoms with E-state index in [9.17, 15) is 4.79 Å². The van der Waals surface area contributed by atoms with Crippen molar-refractivity contribution in [2.75, 3.05) is 6.61 Å². The quantitative estimate of drug-likeness (QED) is 0.810. The van der Waals surface area contributed by atoms with E-state index >= 15 is 0 Å². The fourth-order valence-corrected chi connectivity index (χ4v) is 1.14. The van der Waals surface area contributed by atoms with Gasteiger partial charge in [0, 0.05) is 0 Å². The van der Waals surface area contributed by atoms with Gasteiger partial charge in [0.25, 0.3) is 0 Å². The number of halogens is 1. The monoisotopic (exact) mass is 228 g/mol. The van der Waals surface area contributed by atoms with Crippen molar-refractivity contribution in [3.05, 3.63) is 28.8 Å². The number of hydrogen-bond donors (Lipinski definition) is 1. The summed E-state index contributed by atoms with van der Waals surface area (Å²) in [5.74, 6) is -0.177. The molecule has 15 heavy (non-hydrogen) atoms. The number of benzene rings is 1. The molecule has 1 aromatic carbocycles. The third-order valence-corrected chi connectivity index (χ3v) is 2.03. The Balaban J connectivity index is 2.70. The average molecular weight is 229 g/mol. The van der Waals surface area contributed by atoms with Crippen molar-refractivity contribution in [3.8, 4) is 5.75 Å². The first-order valence-electron chi connectivity index (χ1n) is 4.66. The Morgan fingerprint density at radius 3 is 2.73 bits per heavy atom. The van der Waals surface area contributed by atoms with Crippen LogP contribution in [0.5, 0.6) is 5.75 Å². The zero-order valence-electron chi connectivity index (χ0n) is 8.66. The Morgan fingerprint density at radius 1 is 1.53 bits per heavy atom. The van der Waals surface area contributed by atoms with E-state index in [2.05, 4.69) is 0 Å². The van der Waals surface area contributed by atoms with E-state index in [4.69, 9.17) is 21.4 Å². The largest absolute Gasteiger partial charge is 0.506 e. The number of carbonyl (C=O) groups excluding carboxylic acids is 1. The van der Waals surface area contributed by atoms with E-state index < -0.39 is 5.97 Å². The molecule has 0 fully saturated rings. The highest BCUT2D eigenvalue weighted by atomic mass is 35.5. The number of aromatic hydroxyl groups is 1. The van der Waals surface area contributed by atoms with E-state index in [0.717, 1.165) is 0 Å². The van der Waals surface area contributed by atoms with E-state index in [1.165, 1.54) is 18.2 Å². The van der Waals surface area contributed by atoms with Crippen molar-refractivity contribution in [1.29, 1.82) is 0 Å². The topological polar surface area (TPSA) is 46.5 Å². The summed E-state index contributed by atoms with van der Waals surface area (Å²) < 4.78 is 5.01. The minimum Gasteiger partial charge on any atom is -0.506 e. The normalized spacial score (nSPS) is 10.4. The SMILES string of the molecule is CC(C)COC(=O)c1ccc(O)c(Cl)c1. The maximum absolute atomic E-state index is 11.5. The molecular formula is C11H13ClO3.